The first kappa shape index (κ1) is 18.0. The van der Waals surface area contributed by atoms with Gasteiger partial charge in [0.25, 0.3) is 0 Å². The van der Waals surface area contributed by atoms with Crippen LogP contribution in [0, 0.1) is 0 Å². The molecule has 0 saturated carbocycles. The normalized spacial score (nSPS) is 11.5. The zero-order chi connectivity index (χ0) is 18.7. The summed E-state index contributed by atoms with van der Waals surface area (Å²) in [4.78, 5) is 12.8. The van der Waals surface area contributed by atoms with Crippen molar-refractivity contribution >= 4 is 9.84 Å². The Labute approximate surface area is 151 Å². The molecular weight excluding hydrogens is 352 g/mol. The lowest BCUT2D eigenvalue weighted by molar-refractivity contribution is 0.121. The zero-order valence-electron chi connectivity index (χ0n) is 14.4. The summed E-state index contributed by atoms with van der Waals surface area (Å²) in [5, 5.41) is 4.17. The molecule has 0 bridgehead atoms. The highest BCUT2D eigenvalue weighted by molar-refractivity contribution is 7.90. The predicted octanol–water partition coefficient (Wildman–Crippen LogP) is 2.58. The van der Waals surface area contributed by atoms with Gasteiger partial charge >= 0.3 is 0 Å². The van der Waals surface area contributed by atoms with Crippen LogP contribution in [0.15, 0.2) is 70.5 Å². The third kappa shape index (κ3) is 3.58. The molecule has 0 aliphatic carbocycles. The first-order chi connectivity index (χ1) is 12.4. The van der Waals surface area contributed by atoms with E-state index in [1.165, 1.54) is 18.3 Å². The van der Waals surface area contributed by atoms with E-state index in [4.69, 9.17) is 4.74 Å². The monoisotopic (exact) mass is 370 g/mol. The molecule has 134 valence electrons. The van der Waals surface area contributed by atoms with Crippen molar-refractivity contribution in [1.82, 2.24) is 9.78 Å². The van der Waals surface area contributed by atoms with Crippen molar-refractivity contribution in [2.24, 2.45) is 0 Å². The van der Waals surface area contributed by atoms with Gasteiger partial charge in [-0.3, -0.25) is 4.79 Å². The van der Waals surface area contributed by atoms with Gasteiger partial charge in [-0.25, -0.2) is 13.1 Å². The average molecular weight is 370 g/mol. The fraction of sp³-hybridized carbons (Fsp3) is 0.158. The molecule has 2 aromatic carbocycles. The SMILES string of the molecule is COCn1ncc(=O)c(-c2ccc(S(C)(=O)=O)cc2)c1-c1ccccc1. The molecule has 26 heavy (non-hydrogen) atoms. The van der Waals surface area contributed by atoms with Crippen LogP contribution in [0.2, 0.25) is 0 Å². The second-order valence-corrected chi connectivity index (χ2v) is 7.83. The van der Waals surface area contributed by atoms with Crippen molar-refractivity contribution < 1.29 is 13.2 Å². The van der Waals surface area contributed by atoms with Gasteiger partial charge in [0, 0.05) is 18.9 Å². The Morgan fingerprint density at radius 3 is 2.23 bits per heavy atom. The highest BCUT2D eigenvalue weighted by Crippen LogP contribution is 2.29. The molecule has 1 aromatic heterocycles. The van der Waals surface area contributed by atoms with Crippen molar-refractivity contribution in [3.05, 3.63) is 71.0 Å². The standard InChI is InChI=1S/C19H18N2O4S/c1-25-13-21-19(15-6-4-3-5-7-15)18(17(22)12-20-21)14-8-10-16(11-9-14)26(2,23)24/h3-12H,13H2,1-2H3. The second-order valence-electron chi connectivity index (χ2n) is 5.81. The molecule has 1 heterocycles. The molecule has 0 saturated heterocycles. The van der Waals surface area contributed by atoms with Gasteiger partial charge in [0.2, 0.25) is 5.43 Å². The van der Waals surface area contributed by atoms with Crippen LogP contribution in [0.3, 0.4) is 0 Å². The molecule has 3 aromatic rings. The number of rotatable bonds is 5. The lowest BCUT2D eigenvalue weighted by Gasteiger charge is -2.16. The van der Waals surface area contributed by atoms with Crippen molar-refractivity contribution in [3.8, 4) is 22.4 Å². The number of benzene rings is 2. The van der Waals surface area contributed by atoms with Crippen LogP contribution in [-0.4, -0.2) is 31.6 Å². The van der Waals surface area contributed by atoms with E-state index < -0.39 is 9.84 Å². The first-order valence-corrected chi connectivity index (χ1v) is 9.76. The number of sulfone groups is 1. The summed E-state index contributed by atoms with van der Waals surface area (Å²) < 4.78 is 30.2. The van der Waals surface area contributed by atoms with E-state index in [0.717, 1.165) is 11.8 Å². The fourth-order valence-electron chi connectivity index (χ4n) is 2.75. The summed E-state index contributed by atoms with van der Waals surface area (Å²) in [6.07, 6.45) is 2.39. The average Bonchev–Trinajstić information content (AvgIpc) is 2.63. The van der Waals surface area contributed by atoms with Crippen molar-refractivity contribution in [3.63, 3.8) is 0 Å². The van der Waals surface area contributed by atoms with Crippen LogP contribution >= 0.6 is 0 Å². The lowest BCUT2D eigenvalue weighted by atomic mass is 9.99. The molecule has 0 spiro atoms. The number of aromatic nitrogens is 2. The van der Waals surface area contributed by atoms with Crippen LogP contribution in [0.25, 0.3) is 22.4 Å². The number of nitrogens with zero attached hydrogens (tertiary/aromatic N) is 2. The Balaban J connectivity index is 2.27. The quantitative estimate of drug-likeness (QED) is 0.690. The summed E-state index contributed by atoms with van der Waals surface area (Å²) >= 11 is 0. The zero-order valence-corrected chi connectivity index (χ0v) is 15.2. The van der Waals surface area contributed by atoms with E-state index in [1.807, 2.05) is 30.3 Å². The van der Waals surface area contributed by atoms with Crippen LogP contribution in [0.4, 0.5) is 0 Å². The number of hydrogen-bond acceptors (Lipinski definition) is 5. The minimum Gasteiger partial charge on any atom is -0.362 e. The van der Waals surface area contributed by atoms with Gasteiger partial charge < -0.3 is 4.74 Å². The van der Waals surface area contributed by atoms with Gasteiger partial charge in [-0.15, -0.1) is 0 Å². The van der Waals surface area contributed by atoms with Crippen LogP contribution in [-0.2, 0) is 21.3 Å². The third-order valence-electron chi connectivity index (χ3n) is 3.93. The Kier molecular flexibility index (Phi) is 5.01. The van der Waals surface area contributed by atoms with Crippen LogP contribution in [0.5, 0.6) is 0 Å². The Morgan fingerprint density at radius 2 is 1.65 bits per heavy atom. The maximum absolute atomic E-state index is 12.6. The summed E-state index contributed by atoms with van der Waals surface area (Å²) in [7, 11) is -1.76. The summed E-state index contributed by atoms with van der Waals surface area (Å²) in [5.74, 6) is 0. The summed E-state index contributed by atoms with van der Waals surface area (Å²) in [6.45, 7) is 0.179. The largest absolute Gasteiger partial charge is 0.362 e. The third-order valence-corrected chi connectivity index (χ3v) is 5.05. The smallest absolute Gasteiger partial charge is 0.208 e. The Morgan fingerprint density at radius 1 is 1.00 bits per heavy atom. The van der Waals surface area contributed by atoms with Crippen molar-refractivity contribution in [2.75, 3.05) is 13.4 Å². The van der Waals surface area contributed by atoms with E-state index in [-0.39, 0.29) is 17.1 Å². The first-order valence-electron chi connectivity index (χ1n) is 7.87. The molecule has 0 radical (unpaired) electrons. The molecule has 6 nitrogen and oxygen atoms in total. The van der Waals surface area contributed by atoms with Crippen LogP contribution < -0.4 is 5.43 Å². The maximum atomic E-state index is 12.6. The fourth-order valence-corrected chi connectivity index (χ4v) is 3.38. The maximum Gasteiger partial charge on any atom is 0.208 e. The number of ether oxygens (including phenoxy) is 1. The van der Waals surface area contributed by atoms with Crippen LogP contribution in [0.1, 0.15) is 0 Å². The van der Waals surface area contributed by atoms with Gasteiger partial charge in [-0.2, -0.15) is 5.10 Å². The van der Waals surface area contributed by atoms with E-state index in [2.05, 4.69) is 5.10 Å². The van der Waals surface area contributed by atoms with Crippen molar-refractivity contribution in [1.29, 1.82) is 0 Å². The molecule has 0 aliphatic rings. The molecule has 0 amide bonds. The number of methoxy groups -OCH3 is 1. The molecule has 0 fully saturated rings. The van der Waals surface area contributed by atoms with Gasteiger partial charge in [-0.1, -0.05) is 42.5 Å². The molecule has 3 rings (SSSR count). The minimum absolute atomic E-state index is 0.179. The van der Waals surface area contributed by atoms with Gasteiger partial charge in [0.05, 0.1) is 22.3 Å². The summed E-state index contributed by atoms with van der Waals surface area (Å²) in [5.41, 5.74) is 2.25. The van der Waals surface area contributed by atoms with Crippen molar-refractivity contribution in [2.45, 2.75) is 11.6 Å². The molecule has 7 heteroatoms. The second kappa shape index (κ2) is 7.23. The highest BCUT2D eigenvalue weighted by atomic mass is 32.2. The topological polar surface area (TPSA) is 78.3 Å². The van der Waals surface area contributed by atoms with Gasteiger partial charge in [-0.05, 0) is 17.7 Å². The van der Waals surface area contributed by atoms with Gasteiger partial charge in [0.1, 0.15) is 6.73 Å². The highest BCUT2D eigenvalue weighted by Gasteiger charge is 2.17. The molecule has 0 unspecified atom stereocenters. The Bertz CT molecular complexity index is 1070. The molecular formula is C19H18N2O4S. The minimum atomic E-state index is -3.31. The van der Waals surface area contributed by atoms with E-state index in [1.54, 1.807) is 23.9 Å². The molecule has 0 atom stereocenters. The Hall–Kier alpha value is -2.77. The summed E-state index contributed by atoms with van der Waals surface area (Å²) in [6, 6.07) is 15.7. The van der Waals surface area contributed by atoms with E-state index in [9.17, 15) is 13.2 Å². The van der Waals surface area contributed by atoms with E-state index in [0.29, 0.717) is 16.8 Å². The molecule has 0 N–H and O–H groups in total. The van der Waals surface area contributed by atoms with Gasteiger partial charge in [0.15, 0.2) is 9.84 Å². The predicted molar refractivity (Wildman–Crippen MR) is 99.5 cm³/mol. The lowest BCUT2D eigenvalue weighted by Crippen LogP contribution is -2.17. The van der Waals surface area contributed by atoms with E-state index >= 15 is 0 Å². The molecule has 0 aliphatic heterocycles. The number of hydrogen-bond donors (Lipinski definition) is 0.